The van der Waals surface area contributed by atoms with Gasteiger partial charge < -0.3 is 20.1 Å². The minimum atomic E-state index is -0.643. The Balaban J connectivity index is 1.71. The second kappa shape index (κ2) is 12.4. The fraction of sp³-hybridized carbons (Fsp3) is 0.333. The molecule has 0 aliphatic heterocycles. The SMILES string of the molecule is C[C@H](Cc1ccc(OCCO)cc1)N(C[C@@H](O)c1ccccc1)C[C@@H](O)c1ccccc1. The Kier molecular flexibility index (Phi) is 9.26. The van der Waals surface area contributed by atoms with Crippen molar-refractivity contribution in [3.63, 3.8) is 0 Å². The van der Waals surface area contributed by atoms with E-state index in [0.29, 0.717) is 13.1 Å². The Labute approximate surface area is 190 Å². The third kappa shape index (κ3) is 7.18. The van der Waals surface area contributed by atoms with Crippen LogP contribution in [0.2, 0.25) is 0 Å². The van der Waals surface area contributed by atoms with Crippen LogP contribution in [0.5, 0.6) is 5.75 Å². The molecule has 0 saturated heterocycles. The number of benzene rings is 3. The molecule has 0 radical (unpaired) electrons. The molecule has 170 valence electrons. The van der Waals surface area contributed by atoms with Crippen molar-refractivity contribution in [1.82, 2.24) is 4.90 Å². The van der Waals surface area contributed by atoms with E-state index in [1.165, 1.54) is 0 Å². The van der Waals surface area contributed by atoms with Crippen molar-refractivity contribution in [2.24, 2.45) is 0 Å². The summed E-state index contributed by atoms with van der Waals surface area (Å²) < 4.78 is 5.44. The molecule has 3 rings (SSSR count). The molecular weight excluding hydrogens is 402 g/mol. The maximum Gasteiger partial charge on any atom is 0.119 e. The highest BCUT2D eigenvalue weighted by Crippen LogP contribution is 2.22. The van der Waals surface area contributed by atoms with Crippen LogP contribution in [-0.2, 0) is 6.42 Å². The van der Waals surface area contributed by atoms with Crippen LogP contribution in [-0.4, -0.2) is 52.6 Å². The van der Waals surface area contributed by atoms with Gasteiger partial charge in [-0.05, 0) is 42.2 Å². The largest absolute Gasteiger partial charge is 0.491 e. The summed E-state index contributed by atoms with van der Waals surface area (Å²) in [5, 5.41) is 30.6. The van der Waals surface area contributed by atoms with Crippen LogP contribution in [0.1, 0.15) is 35.8 Å². The van der Waals surface area contributed by atoms with E-state index in [1.807, 2.05) is 84.9 Å². The Bertz CT molecular complexity index is 854. The molecule has 3 aromatic carbocycles. The predicted octanol–water partition coefficient (Wildman–Crippen LogP) is 3.76. The van der Waals surface area contributed by atoms with Crippen molar-refractivity contribution in [2.75, 3.05) is 26.3 Å². The van der Waals surface area contributed by atoms with Gasteiger partial charge in [0.2, 0.25) is 0 Å². The third-order valence-corrected chi connectivity index (χ3v) is 5.62. The molecule has 3 N–H and O–H groups in total. The van der Waals surface area contributed by atoms with Crippen LogP contribution in [0.4, 0.5) is 0 Å². The van der Waals surface area contributed by atoms with Crippen molar-refractivity contribution < 1.29 is 20.1 Å². The van der Waals surface area contributed by atoms with Crippen molar-refractivity contribution in [3.8, 4) is 5.75 Å². The van der Waals surface area contributed by atoms with Gasteiger partial charge in [-0.3, -0.25) is 4.90 Å². The number of hydrogen-bond donors (Lipinski definition) is 3. The first kappa shape index (κ1) is 24.0. The minimum Gasteiger partial charge on any atom is -0.491 e. The molecule has 0 bridgehead atoms. The lowest BCUT2D eigenvalue weighted by Crippen LogP contribution is -2.40. The van der Waals surface area contributed by atoms with E-state index in [1.54, 1.807) is 0 Å². The normalized spacial score (nSPS) is 14.2. The molecule has 3 aromatic rings. The lowest BCUT2D eigenvalue weighted by molar-refractivity contribution is 0.0480. The molecule has 0 aliphatic carbocycles. The van der Waals surface area contributed by atoms with Crippen LogP contribution in [0.25, 0.3) is 0 Å². The smallest absolute Gasteiger partial charge is 0.119 e. The van der Waals surface area contributed by atoms with E-state index in [-0.39, 0.29) is 19.3 Å². The zero-order chi connectivity index (χ0) is 22.8. The predicted molar refractivity (Wildman–Crippen MR) is 127 cm³/mol. The molecule has 0 saturated carbocycles. The topological polar surface area (TPSA) is 73.2 Å². The lowest BCUT2D eigenvalue weighted by atomic mass is 10.0. The first-order chi connectivity index (χ1) is 15.6. The van der Waals surface area contributed by atoms with E-state index < -0.39 is 12.2 Å². The van der Waals surface area contributed by atoms with Crippen LogP contribution in [0.3, 0.4) is 0 Å². The van der Waals surface area contributed by atoms with Crippen LogP contribution in [0.15, 0.2) is 84.9 Å². The summed E-state index contributed by atoms with van der Waals surface area (Å²) in [6, 6.07) is 27.2. The number of rotatable bonds is 12. The number of hydrogen-bond acceptors (Lipinski definition) is 5. The highest BCUT2D eigenvalue weighted by atomic mass is 16.5. The number of aliphatic hydroxyl groups is 3. The van der Waals surface area contributed by atoms with E-state index in [9.17, 15) is 10.2 Å². The fourth-order valence-electron chi connectivity index (χ4n) is 3.80. The van der Waals surface area contributed by atoms with E-state index in [0.717, 1.165) is 28.9 Å². The third-order valence-electron chi connectivity index (χ3n) is 5.62. The second-order valence-corrected chi connectivity index (χ2v) is 8.08. The van der Waals surface area contributed by atoms with Crippen molar-refractivity contribution in [1.29, 1.82) is 0 Å². The maximum absolute atomic E-state index is 10.8. The molecule has 0 heterocycles. The zero-order valence-electron chi connectivity index (χ0n) is 18.5. The van der Waals surface area contributed by atoms with Gasteiger partial charge >= 0.3 is 0 Å². The van der Waals surface area contributed by atoms with E-state index >= 15 is 0 Å². The Hall–Kier alpha value is -2.70. The number of ether oxygens (including phenoxy) is 1. The van der Waals surface area contributed by atoms with Crippen molar-refractivity contribution >= 4 is 0 Å². The average Bonchev–Trinajstić information content (AvgIpc) is 2.84. The summed E-state index contributed by atoms with van der Waals surface area (Å²) in [6.07, 6.45) is -0.518. The second-order valence-electron chi connectivity index (χ2n) is 8.08. The van der Waals surface area contributed by atoms with Gasteiger partial charge in [0.25, 0.3) is 0 Å². The summed E-state index contributed by atoms with van der Waals surface area (Å²) in [4.78, 5) is 2.14. The van der Waals surface area contributed by atoms with Gasteiger partial charge in [-0.2, -0.15) is 0 Å². The summed E-state index contributed by atoms with van der Waals surface area (Å²) in [5.74, 6) is 0.728. The Morgan fingerprint density at radius 1 is 0.750 bits per heavy atom. The summed E-state index contributed by atoms with van der Waals surface area (Å²) in [7, 11) is 0. The Morgan fingerprint density at radius 3 is 1.72 bits per heavy atom. The van der Waals surface area contributed by atoms with Gasteiger partial charge in [0.05, 0.1) is 18.8 Å². The molecule has 5 heteroatoms. The van der Waals surface area contributed by atoms with E-state index in [2.05, 4.69) is 11.8 Å². The zero-order valence-corrected chi connectivity index (χ0v) is 18.5. The van der Waals surface area contributed by atoms with Crippen molar-refractivity contribution in [3.05, 3.63) is 102 Å². The summed E-state index contributed by atoms with van der Waals surface area (Å²) >= 11 is 0. The molecule has 3 atom stereocenters. The fourth-order valence-corrected chi connectivity index (χ4v) is 3.80. The van der Waals surface area contributed by atoms with Crippen molar-refractivity contribution in [2.45, 2.75) is 31.6 Å². The van der Waals surface area contributed by atoms with Crippen LogP contribution < -0.4 is 4.74 Å². The highest BCUT2D eigenvalue weighted by molar-refractivity contribution is 5.28. The molecule has 0 aromatic heterocycles. The summed E-state index contributed by atoms with van der Waals surface area (Å²) in [6.45, 7) is 3.23. The molecular formula is C27H33NO4. The van der Waals surface area contributed by atoms with Gasteiger partial charge in [0.1, 0.15) is 12.4 Å². The average molecular weight is 436 g/mol. The molecule has 0 fully saturated rings. The molecule has 5 nitrogen and oxygen atoms in total. The van der Waals surface area contributed by atoms with Gasteiger partial charge in [0, 0.05) is 19.1 Å². The van der Waals surface area contributed by atoms with Gasteiger partial charge in [-0.25, -0.2) is 0 Å². The minimum absolute atomic E-state index is 0.0127. The van der Waals surface area contributed by atoms with E-state index in [4.69, 9.17) is 9.84 Å². The number of nitrogens with zero attached hydrogens (tertiary/aromatic N) is 1. The van der Waals surface area contributed by atoms with Gasteiger partial charge in [-0.1, -0.05) is 72.8 Å². The molecule has 0 spiro atoms. The Morgan fingerprint density at radius 2 is 1.25 bits per heavy atom. The molecule has 0 unspecified atom stereocenters. The standard InChI is InChI=1S/C27H33NO4/c1-21(18-22-12-14-25(15-13-22)32-17-16-29)28(19-26(30)23-8-4-2-5-9-23)20-27(31)24-10-6-3-7-11-24/h2-15,21,26-27,29-31H,16-20H2,1H3/t21-,26-,27-/m1/s1. The van der Waals surface area contributed by atoms with Crippen LogP contribution >= 0.6 is 0 Å². The lowest BCUT2D eigenvalue weighted by Gasteiger charge is -2.33. The molecule has 32 heavy (non-hydrogen) atoms. The maximum atomic E-state index is 10.8. The quantitative estimate of drug-likeness (QED) is 0.404. The molecule has 0 amide bonds. The summed E-state index contributed by atoms with van der Waals surface area (Å²) in [5.41, 5.74) is 2.87. The first-order valence-electron chi connectivity index (χ1n) is 11.1. The van der Waals surface area contributed by atoms with Gasteiger partial charge in [0.15, 0.2) is 0 Å². The highest BCUT2D eigenvalue weighted by Gasteiger charge is 2.22. The van der Waals surface area contributed by atoms with Gasteiger partial charge in [-0.15, -0.1) is 0 Å². The molecule has 0 aliphatic rings. The van der Waals surface area contributed by atoms with Crippen LogP contribution in [0, 0.1) is 0 Å². The number of aliphatic hydroxyl groups excluding tert-OH is 3. The first-order valence-corrected chi connectivity index (χ1v) is 11.1. The monoisotopic (exact) mass is 435 g/mol.